The Kier molecular flexibility index (Phi) is 3.60. The van der Waals surface area contributed by atoms with Gasteiger partial charge >= 0.3 is 0 Å². The minimum atomic E-state index is 0.355. The molecule has 0 aliphatic carbocycles. The second kappa shape index (κ2) is 4.52. The van der Waals surface area contributed by atoms with E-state index in [-0.39, 0.29) is 0 Å². The van der Waals surface area contributed by atoms with Crippen molar-refractivity contribution in [3.63, 3.8) is 0 Å². The quantitative estimate of drug-likeness (QED) is 0.626. The van der Waals surface area contributed by atoms with Gasteiger partial charge in [-0.05, 0) is 19.3 Å². The van der Waals surface area contributed by atoms with Gasteiger partial charge in [-0.25, -0.2) is 0 Å². The minimum Gasteiger partial charge on any atom is -0.374 e. The summed E-state index contributed by atoms with van der Waals surface area (Å²) in [5.74, 6) is 0. The Labute approximate surface area is 68.4 Å². The van der Waals surface area contributed by atoms with Crippen molar-refractivity contribution in [1.82, 2.24) is 0 Å². The Bertz CT molecular complexity index is 130. The molecule has 2 nitrogen and oxygen atoms in total. The summed E-state index contributed by atoms with van der Waals surface area (Å²) >= 11 is 0. The zero-order valence-electron chi connectivity index (χ0n) is 7.18. The Morgan fingerprint density at radius 2 is 2.55 bits per heavy atom. The van der Waals surface area contributed by atoms with Crippen molar-refractivity contribution in [1.29, 1.82) is 0 Å². The summed E-state index contributed by atoms with van der Waals surface area (Å²) in [6.07, 6.45) is 5.96. The Morgan fingerprint density at radius 1 is 1.73 bits per heavy atom. The Balaban J connectivity index is 2.40. The van der Waals surface area contributed by atoms with Gasteiger partial charge < -0.3 is 10.5 Å². The van der Waals surface area contributed by atoms with Crippen LogP contribution in [0.15, 0.2) is 11.6 Å². The fourth-order valence-corrected chi connectivity index (χ4v) is 1.33. The van der Waals surface area contributed by atoms with Crippen LogP contribution in [0.5, 0.6) is 0 Å². The molecule has 0 spiro atoms. The largest absolute Gasteiger partial charge is 0.374 e. The van der Waals surface area contributed by atoms with Gasteiger partial charge in [-0.2, -0.15) is 0 Å². The molecule has 0 amide bonds. The van der Waals surface area contributed by atoms with Gasteiger partial charge in [0.15, 0.2) is 0 Å². The lowest BCUT2D eigenvalue weighted by atomic mass is 10.1. The van der Waals surface area contributed by atoms with Gasteiger partial charge in [0.2, 0.25) is 0 Å². The summed E-state index contributed by atoms with van der Waals surface area (Å²) in [5.41, 5.74) is 6.85. The topological polar surface area (TPSA) is 35.2 Å². The van der Waals surface area contributed by atoms with Crippen LogP contribution in [0, 0.1) is 0 Å². The van der Waals surface area contributed by atoms with E-state index in [2.05, 4.69) is 13.0 Å². The standard InChI is InChI=1S/C9H17NO/c1-2-8(7-10)6-9-4-3-5-11-9/h6,9H,2-5,7,10H2,1H3. The van der Waals surface area contributed by atoms with E-state index in [4.69, 9.17) is 10.5 Å². The molecule has 2 N–H and O–H groups in total. The van der Waals surface area contributed by atoms with Gasteiger partial charge in [0.25, 0.3) is 0 Å². The van der Waals surface area contributed by atoms with Gasteiger partial charge in [0.05, 0.1) is 6.10 Å². The Hall–Kier alpha value is -0.340. The SMILES string of the molecule is CCC(=CC1CCCO1)CN. The molecule has 1 atom stereocenters. The summed E-state index contributed by atoms with van der Waals surface area (Å²) in [6.45, 7) is 3.73. The zero-order valence-corrected chi connectivity index (χ0v) is 7.18. The van der Waals surface area contributed by atoms with E-state index >= 15 is 0 Å². The predicted molar refractivity (Wildman–Crippen MR) is 46.4 cm³/mol. The molecule has 1 aliphatic heterocycles. The number of nitrogens with two attached hydrogens (primary N) is 1. The number of hydrogen-bond donors (Lipinski definition) is 1. The first kappa shape index (κ1) is 8.75. The lowest BCUT2D eigenvalue weighted by molar-refractivity contribution is 0.145. The second-order valence-electron chi connectivity index (χ2n) is 2.93. The van der Waals surface area contributed by atoms with E-state index in [0.717, 1.165) is 13.0 Å². The maximum absolute atomic E-state index is 5.54. The first-order chi connectivity index (χ1) is 5.36. The van der Waals surface area contributed by atoms with Crippen LogP contribution in [0.25, 0.3) is 0 Å². The van der Waals surface area contributed by atoms with Crippen LogP contribution >= 0.6 is 0 Å². The smallest absolute Gasteiger partial charge is 0.0759 e. The lowest BCUT2D eigenvalue weighted by Gasteiger charge is -2.05. The van der Waals surface area contributed by atoms with E-state index in [1.54, 1.807) is 0 Å². The van der Waals surface area contributed by atoms with Crippen LogP contribution in [0.1, 0.15) is 26.2 Å². The highest BCUT2D eigenvalue weighted by Crippen LogP contribution is 2.15. The summed E-state index contributed by atoms with van der Waals surface area (Å²) < 4.78 is 5.46. The molecule has 1 aliphatic rings. The highest BCUT2D eigenvalue weighted by molar-refractivity contribution is 5.06. The van der Waals surface area contributed by atoms with Gasteiger partial charge in [-0.3, -0.25) is 0 Å². The average molecular weight is 155 g/mol. The van der Waals surface area contributed by atoms with Crippen molar-refractivity contribution >= 4 is 0 Å². The van der Waals surface area contributed by atoms with E-state index in [9.17, 15) is 0 Å². The molecule has 0 aromatic rings. The molecule has 2 heteroatoms. The van der Waals surface area contributed by atoms with Crippen LogP contribution in [-0.4, -0.2) is 19.3 Å². The van der Waals surface area contributed by atoms with Crippen molar-refractivity contribution in [2.75, 3.05) is 13.2 Å². The molecular weight excluding hydrogens is 138 g/mol. The molecule has 0 radical (unpaired) electrons. The molecule has 1 saturated heterocycles. The summed E-state index contributed by atoms with van der Waals surface area (Å²) in [4.78, 5) is 0. The van der Waals surface area contributed by atoms with Crippen LogP contribution in [0.4, 0.5) is 0 Å². The first-order valence-electron chi connectivity index (χ1n) is 4.38. The van der Waals surface area contributed by atoms with Crippen LogP contribution < -0.4 is 5.73 Å². The molecule has 0 saturated carbocycles. The molecule has 1 heterocycles. The monoisotopic (exact) mass is 155 g/mol. The van der Waals surface area contributed by atoms with Crippen molar-refractivity contribution in [2.24, 2.45) is 5.73 Å². The Morgan fingerprint density at radius 3 is 3.00 bits per heavy atom. The van der Waals surface area contributed by atoms with Crippen LogP contribution in [0.2, 0.25) is 0 Å². The van der Waals surface area contributed by atoms with Crippen molar-refractivity contribution in [2.45, 2.75) is 32.3 Å². The molecule has 0 aromatic heterocycles. The normalized spacial score (nSPS) is 26.0. The molecular formula is C9H17NO. The summed E-state index contributed by atoms with van der Waals surface area (Å²) in [5, 5.41) is 0. The molecule has 11 heavy (non-hydrogen) atoms. The molecule has 1 fully saturated rings. The van der Waals surface area contributed by atoms with Gasteiger partial charge in [0, 0.05) is 13.2 Å². The highest BCUT2D eigenvalue weighted by atomic mass is 16.5. The third-order valence-electron chi connectivity index (χ3n) is 2.10. The van der Waals surface area contributed by atoms with Gasteiger partial charge in [0.1, 0.15) is 0 Å². The lowest BCUT2D eigenvalue weighted by Crippen LogP contribution is -2.07. The van der Waals surface area contributed by atoms with Crippen molar-refractivity contribution < 1.29 is 4.74 Å². The number of ether oxygens (including phenoxy) is 1. The molecule has 64 valence electrons. The van der Waals surface area contributed by atoms with Crippen LogP contribution in [0.3, 0.4) is 0 Å². The second-order valence-corrected chi connectivity index (χ2v) is 2.93. The van der Waals surface area contributed by atoms with E-state index in [1.807, 2.05) is 0 Å². The number of hydrogen-bond acceptors (Lipinski definition) is 2. The van der Waals surface area contributed by atoms with Gasteiger partial charge in [-0.1, -0.05) is 18.6 Å². The zero-order chi connectivity index (χ0) is 8.10. The first-order valence-corrected chi connectivity index (χ1v) is 4.38. The van der Waals surface area contributed by atoms with Gasteiger partial charge in [-0.15, -0.1) is 0 Å². The minimum absolute atomic E-state index is 0.355. The molecule has 0 aromatic carbocycles. The van der Waals surface area contributed by atoms with E-state index < -0.39 is 0 Å². The predicted octanol–water partition coefficient (Wildman–Crippen LogP) is 1.46. The third-order valence-corrected chi connectivity index (χ3v) is 2.10. The van der Waals surface area contributed by atoms with Crippen molar-refractivity contribution in [3.8, 4) is 0 Å². The van der Waals surface area contributed by atoms with Crippen LogP contribution in [-0.2, 0) is 4.74 Å². The average Bonchev–Trinajstić information content (AvgIpc) is 2.52. The third kappa shape index (κ3) is 2.64. The molecule has 1 unspecified atom stereocenters. The van der Waals surface area contributed by atoms with Crippen molar-refractivity contribution in [3.05, 3.63) is 11.6 Å². The maximum atomic E-state index is 5.54. The van der Waals surface area contributed by atoms with E-state index in [1.165, 1.54) is 18.4 Å². The molecule has 1 rings (SSSR count). The maximum Gasteiger partial charge on any atom is 0.0759 e. The van der Waals surface area contributed by atoms with E-state index in [0.29, 0.717) is 12.6 Å². The fraction of sp³-hybridized carbons (Fsp3) is 0.778. The highest BCUT2D eigenvalue weighted by Gasteiger charge is 2.12. The molecule has 0 bridgehead atoms. The summed E-state index contributed by atoms with van der Waals surface area (Å²) in [7, 11) is 0. The summed E-state index contributed by atoms with van der Waals surface area (Å²) in [6, 6.07) is 0. The fourth-order valence-electron chi connectivity index (χ4n) is 1.33. The number of rotatable bonds is 3.